The highest BCUT2D eigenvalue weighted by Gasteiger charge is 2.34. The van der Waals surface area contributed by atoms with Crippen LogP contribution in [0.25, 0.3) is 0 Å². The first-order valence-electron chi connectivity index (χ1n) is 8.01. The average Bonchev–Trinajstić information content (AvgIpc) is 2.87. The Morgan fingerprint density at radius 3 is 2.57 bits per heavy atom. The van der Waals surface area contributed by atoms with Gasteiger partial charge >= 0.3 is 6.18 Å². The largest absolute Gasteiger partial charge is 0.401 e. The number of alkyl halides is 3. The summed E-state index contributed by atoms with van der Waals surface area (Å²) in [4.78, 5) is 5.93. The maximum Gasteiger partial charge on any atom is 0.401 e. The van der Waals surface area contributed by atoms with Crippen LogP contribution < -0.4 is 10.6 Å². The van der Waals surface area contributed by atoms with Gasteiger partial charge in [-0.05, 0) is 39.7 Å². The van der Waals surface area contributed by atoms with Crippen molar-refractivity contribution in [3.63, 3.8) is 0 Å². The Hall–Kier alpha value is -1.02. The number of halogens is 3. The molecule has 0 bridgehead atoms. The number of nitrogens with one attached hydrogen (secondary N) is 2. The number of guanidine groups is 1. The van der Waals surface area contributed by atoms with Gasteiger partial charge in [-0.2, -0.15) is 13.2 Å². The molecule has 0 radical (unpaired) electrons. The lowest BCUT2D eigenvalue weighted by Crippen LogP contribution is -2.41. The van der Waals surface area contributed by atoms with Crippen LogP contribution in [0.2, 0.25) is 0 Å². The summed E-state index contributed by atoms with van der Waals surface area (Å²) in [5.41, 5.74) is -0.348. The van der Waals surface area contributed by atoms with Crippen molar-refractivity contribution >= 4 is 5.96 Å². The molecule has 1 unspecified atom stereocenters. The van der Waals surface area contributed by atoms with Crippen LogP contribution in [0.5, 0.6) is 0 Å². The number of hydrogen-bond acceptors (Lipinski definition) is 3. The normalized spacial score (nSPS) is 20.8. The Kier molecular flexibility index (Phi) is 7.60. The highest BCUT2D eigenvalue weighted by molar-refractivity contribution is 5.79. The van der Waals surface area contributed by atoms with Gasteiger partial charge in [-0.25, -0.2) is 0 Å². The Morgan fingerprint density at radius 2 is 2.00 bits per heavy atom. The predicted octanol–water partition coefficient (Wildman–Crippen LogP) is 1.85. The summed E-state index contributed by atoms with van der Waals surface area (Å²) in [6.07, 6.45) is -3.35. The van der Waals surface area contributed by atoms with Gasteiger partial charge in [0.05, 0.1) is 18.7 Å². The molecular formula is C15H29F3N4O. The summed E-state index contributed by atoms with van der Waals surface area (Å²) in [7, 11) is 1.64. The Labute approximate surface area is 136 Å². The maximum absolute atomic E-state index is 12.4. The maximum atomic E-state index is 12.4. The zero-order valence-electron chi connectivity index (χ0n) is 14.5. The van der Waals surface area contributed by atoms with Gasteiger partial charge in [0, 0.05) is 26.7 Å². The summed E-state index contributed by atoms with van der Waals surface area (Å²) in [6, 6.07) is 0. The van der Waals surface area contributed by atoms with Crippen molar-refractivity contribution in [2.24, 2.45) is 10.9 Å². The first kappa shape index (κ1) is 20.0. The number of aliphatic imine (C=N–C) groups is 1. The molecule has 0 amide bonds. The van der Waals surface area contributed by atoms with Crippen molar-refractivity contribution in [1.82, 2.24) is 15.5 Å². The van der Waals surface area contributed by atoms with E-state index in [4.69, 9.17) is 4.74 Å². The molecule has 2 N–H and O–H groups in total. The molecular weight excluding hydrogens is 309 g/mol. The van der Waals surface area contributed by atoms with Gasteiger partial charge in [0.25, 0.3) is 0 Å². The molecule has 1 aliphatic heterocycles. The molecule has 0 saturated carbocycles. The molecule has 5 nitrogen and oxygen atoms in total. The van der Waals surface area contributed by atoms with Gasteiger partial charge in [-0.3, -0.25) is 9.89 Å². The standard InChI is InChI=1S/C15H29F3N4O/c1-5-19-13(21-10-14(2,3)23-4)20-8-12-6-7-22(9-12)11-15(16,17)18/h12H,5-11H2,1-4H3,(H2,19,20,21). The van der Waals surface area contributed by atoms with Crippen molar-refractivity contribution in [1.29, 1.82) is 0 Å². The fourth-order valence-corrected chi connectivity index (χ4v) is 2.39. The van der Waals surface area contributed by atoms with Crippen LogP contribution >= 0.6 is 0 Å². The third-order valence-electron chi connectivity index (χ3n) is 3.85. The number of methoxy groups -OCH3 is 1. The number of nitrogens with zero attached hydrogens (tertiary/aromatic N) is 2. The topological polar surface area (TPSA) is 48.9 Å². The third kappa shape index (κ3) is 8.41. The van der Waals surface area contributed by atoms with Crippen LogP contribution in [0.1, 0.15) is 27.2 Å². The molecule has 1 atom stereocenters. The SMILES string of the molecule is CCNC(=NCC(C)(C)OC)NCC1CCN(CC(F)(F)F)C1. The van der Waals surface area contributed by atoms with Gasteiger partial charge in [-0.15, -0.1) is 0 Å². The molecule has 0 aromatic carbocycles. The number of likely N-dealkylation sites (tertiary alicyclic amines) is 1. The van der Waals surface area contributed by atoms with E-state index in [-0.39, 0.29) is 11.5 Å². The fraction of sp³-hybridized carbons (Fsp3) is 0.933. The fourth-order valence-electron chi connectivity index (χ4n) is 2.39. The van der Waals surface area contributed by atoms with E-state index in [0.717, 1.165) is 13.0 Å². The molecule has 8 heteroatoms. The van der Waals surface area contributed by atoms with Crippen molar-refractivity contribution in [3.8, 4) is 0 Å². The van der Waals surface area contributed by atoms with Crippen LogP contribution in [0.4, 0.5) is 13.2 Å². The van der Waals surface area contributed by atoms with E-state index in [9.17, 15) is 13.2 Å². The Bertz CT molecular complexity index is 385. The molecule has 136 valence electrons. The summed E-state index contributed by atoms with van der Waals surface area (Å²) < 4.78 is 42.5. The quantitative estimate of drug-likeness (QED) is 0.549. The van der Waals surface area contributed by atoms with E-state index in [0.29, 0.717) is 32.1 Å². The monoisotopic (exact) mass is 338 g/mol. The van der Waals surface area contributed by atoms with Gasteiger partial charge in [0.15, 0.2) is 5.96 Å². The van der Waals surface area contributed by atoms with Crippen LogP contribution in [0.3, 0.4) is 0 Å². The van der Waals surface area contributed by atoms with Crippen LogP contribution in [-0.4, -0.2) is 69.0 Å². The lowest BCUT2D eigenvalue weighted by Gasteiger charge is -2.22. The Balaban J connectivity index is 2.43. The van der Waals surface area contributed by atoms with Crippen LogP contribution in [0, 0.1) is 5.92 Å². The number of ether oxygens (including phenoxy) is 1. The first-order chi connectivity index (χ1) is 10.6. The molecule has 1 rings (SSSR count). The van der Waals surface area contributed by atoms with Gasteiger partial charge in [0.2, 0.25) is 0 Å². The van der Waals surface area contributed by atoms with Gasteiger partial charge in [-0.1, -0.05) is 0 Å². The summed E-state index contributed by atoms with van der Waals surface area (Å²) in [6.45, 7) is 7.87. The van der Waals surface area contributed by atoms with Crippen molar-refractivity contribution in [2.75, 3.05) is 46.4 Å². The highest BCUT2D eigenvalue weighted by Crippen LogP contribution is 2.22. The molecule has 23 heavy (non-hydrogen) atoms. The Morgan fingerprint density at radius 1 is 1.30 bits per heavy atom. The third-order valence-corrected chi connectivity index (χ3v) is 3.85. The zero-order valence-corrected chi connectivity index (χ0v) is 14.5. The predicted molar refractivity (Wildman–Crippen MR) is 85.7 cm³/mol. The molecule has 1 heterocycles. The highest BCUT2D eigenvalue weighted by atomic mass is 19.4. The van der Waals surface area contributed by atoms with E-state index in [2.05, 4.69) is 15.6 Å². The smallest absolute Gasteiger partial charge is 0.377 e. The summed E-state index contributed by atoms with van der Waals surface area (Å²) >= 11 is 0. The molecule has 1 aliphatic rings. The molecule has 0 spiro atoms. The lowest BCUT2D eigenvalue weighted by molar-refractivity contribution is -0.143. The van der Waals surface area contributed by atoms with E-state index in [1.165, 1.54) is 4.90 Å². The number of rotatable bonds is 7. The molecule has 1 fully saturated rings. The van der Waals surface area contributed by atoms with E-state index < -0.39 is 12.7 Å². The first-order valence-corrected chi connectivity index (χ1v) is 8.01. The van der Waals surface area contributed by atoms with E-state index >= 15 is 0 Å². The van der Waals surface area contributed by atoms with Gasteiger partial charge in [0.1, 0.15) is 0 Å². The lowest BCUT2D eigenvalue weighted by atomic mass is 10.1. The average molecular weight is 338 g/mol. The van der Waals surface area contributed by atoms with Crippen molar-refractivity contribution < 1.29 is 17.9 Å². The summed E-state index contributed by atoms with van der Waals surface area (Å²) in [5, 5.41) is 6.36. The molecule has 0 aromatic heterocycles. The second kappa shape index (κ2) is 8.73. The van der Waals surface area contributed by atoms with Crippen LogP contribution in [0.15, 0.2) is 4.99 Å². The second-order valence-electron chi connectivity index (χ2n) is 6.54. The zero-order chi connectivity index (χ0) is 17.5. The second-order valence-corrected chi connectivity index (χ2v) is 6.54. The van der Waals surface area contributed by atoms with E-state index in [1.807, 2.05) is 20.8 Å². The minimum Gasteiger partial charge on any atom is -0.377 e. The minimum atomic E-state index is -4.12. The molecule has 1 saturated heterocycles. The van der Waals surface area contributed by atoms with Gasteiger partial charge < -0.3 is 15.4 Å². The molecule has 0 aromatic rings. The van der Waals surface area contributed by atoms with E-state index in [1.54, 1.807) is 7.11 Å². The van der Waals surface area contributed by atoms with Crippen LogP contribution in [-0.2, 0) is 4.74 Å². The van der Waals surface area contributed by atoms with Crippen molar-refractivity contribution in [2.45, 2.75) is 39.0 Å². The minimum absolute atomic E-state index is 0.205. The number of hydrogen-bond donors (Lipinski definition) is 2. The molecule has 0 aliphatic carbocycles. The van der Waals surface area contributed by atoms with Crippen molar-refractivity contribution in [3.05, 3.63) is 0 Å². The summed E-state index contributed by atoms with van der Waals surface area (Å²) in [5.74, 6) is 0.878.